The van der Waals surface area contributed by atoms with Gasteiger partial charge < -0.3 is 29.2 Å². The van der Waals surface area contributed by atoms with E-state index in [4.69, 9.17) is 18.9 Å². The summed E-state index contributed by atoms with van der Waals surface area (Å²) < 4.78 is 21.8. The zero-order valence-electron chi connectivity index (χ0n) is 20.7. The minimum Gasteiger partial charge on any atom is -0.493 e. The molecule has 186 valence electrons. The molecule has 1 saturated heterocycles. The van der Waals surface area contributed by atoms with Gasteiger partial charge in [-0.05, 0) is 60.4 Å². The first-order valence-electron chi connectivity index (χ1n) is 11.7. The van der Waals surface area contributed by atoms with Gasteiger partial charge in [-0.3, -0.25) is 9.59 Å². The second-order valence-electron chi connectivity index (χ2n) is 8.91. The molecule has 3 aromatic rings. The number of nitrogens with zero attached hydrogens (tertiary/aromatic N) is 1. The minimum atomic E-state index is -0.877. The van der Waals surface area contributed by atoms with Crippen LogP contribution in [0.2, 0.25) is 0 Å². The first kappa shape index (κ1) is 23.5. The van der Waals surface area contributed by atoms with Crippen molar-refractivity contribution in [1.82, 2.24) is 4.90 Å². The summed E-state index contributed by atoms with van der Waals surface area (Å²) in [6.07, 6.45) is 0.285. The number of carbonyl (C=O) groups excluding carboxylic acids is 2. The summed E-state index contributed by atoms with van der Waals surface area (Å²) in [6, 6.07) is 15.5. The Bertz CT molecular complexity index is 1320. The number of benzene rings is 3. The standard InChI is InChI=1S/C28H28N2O6/c1-16-6-5-7-17(2)26(16)29-28(32)27(19-9-11-22-24(13-19)36-15-35-22)30-20(14-25(30)31)18-8-10-21(33-3)23(12-18)34-4/h5-13,20,27H,14-15H2,1-4H3,(H,29,32)/t20-,27-/m1/s1. The molecule has 1 fully saturated rings. The van der Waals surface area contributed by atoms with Crippen LogP contribution in [-0.4, -0.2) is 37.7 Å². The second-order valence-corrected chi connectivity index (χ2v) is 8.91. The Labute approximate surface area is 209 Å². The van der Waals surface area contributed by atoms with E-state index in [1.165, 1.54) is 0 Å². The van der Waals surface area contributed by atoms with Crippen LogP contribution < -0.4 is 24.3 Å². The predicted octanol–water partition coefficient (Wildman–Crippen LogP) is 4.70. The predicted molar refractivity (Wildman–Crippen MR) is 134 cm³/mol. The molecular formula is C28H28N2O6. The lowest BCUT2D eigenvalue weighted by Crippen LogP contribution is -2.51. The van der Waals surface area contributed by atoms with Crippen molar-refractivity contribution in [3.8, 4) is 23.0 Å². The van der Waals surface area contributed by atoms with Crippen LogP contribution in [0.15, 0.2) is 54.6 Å². The highest BCUT2D eigenvalue weighted by molar-refractivity contribution is 6.00. The quantitative estimate of drug-likeness (QED) is 0.485. The Morgan fingerprint density at radius 2 is 1.69 bits per heavy atom. The molecular weight excluding hydrogens is 460 g/mol. The summed E-state index contributed by atoms with van der Waals surface area (Å²) in [5, 5.41) is 3.08. The Kier molecular flexibility index (Phi) is 6.18. The smallest absolute Gasteiger partial charge is 0.251 e. The summed E-state index contributed by atoms with van der Waals surface area (Å²) in [7, 11) is 3.14. The van der Waals surface area contributed by atoms with E-state index < -0.39 is 6.04 Å². The van der Waals surface area contributed by atoms with E-state index in [2.05, 4.69) is 5.32 Å². The summed E-state index contributed by atoms with van der Waals surface area (Å²) in [5.74, 6) is 1.90. The minimum absolute atomic E-state index is 0.117. The van der Waals surface area contributed by atoms with E-state index >= 15 is 0 Å². The van der Waals surface area contributed by atoms with Gasteiger partial charge in [0.2, 0.25) is 12.7 Å². The number of amides is 2. The van der Waals surface area contributed by atoms with Gasteiger partial charge in [0.15, 0.2) is 23.0 Å². The number of rotatable bonds is 7. The van der Waals surface area contributed by atoms with Gasteiger partial charge in [-0.2, -0.15) is 0 Å². The number of nitrogens with one attached hydrogen (secondary N) is 1. The van der Waals surface area contributed by atoms with Gasteiger partial charge in [0, 0.05) is 5.69 Å². The molecule has 8 heteroatoms. The molecule has 0 aromatic heterocycles. The van der Waals surface area contributed by atoms with Gasteiger partial charge >= 0.3 is 0 Å². The van der Waals surface area contributed by atoms with Crippen molar-refractivity contribution in [3.05, 3.63) is 76.9 Å². The third kappa shape index (κ3) is 4.08. The Morgan fingerprint density at radius 3 is 2.39 bits per heavy atom. The molecule has 0 spiro atoms. The zero-order chi connectivity index (χ0) is 25.4. The number of methoxy groups -OCH3 is 2. The second kappa shape index (κ2) is 9.45. The molecule has 2 aliphatic rings. The highest BCUT2D eigenvalue weighted by atomic mass is 16.7. The van der Waals surface area contributed by atoms with Crippen LogP contribution in [0.4, 0.5) is 5.69 Å². The number of hydrogen-bond acceptors (Lipinski definition) is 6. The van der Waals surface area contributed by atoms with Crippen molar-refractivity contribution >= 4 is 17.5 Å². The van der Waals surface area contributed by atoms with Gasteiger partial charge in [-0.1, -0.05) is 30.3 Å². The number of aryl methyl sites for hydroxylation is 2. The summed E-state index contributed by atoms with van der Waals surface area (Å²) in [5.41, 5.74) is 4.13. The van der Waals surface area contributed by atoms with E-state index in [0.717, 1.165) is 22.4 Å². The van der Waals surface area contributed by atoms with Crippen molar-refractivity contribution in [2.45, 2.75) is 32.4 Å². The third-order valence-electron chi connectivity index (χ3n) is 6.75. The number of ether oxygens (including phenoxy) is 4. The molecule has 2 aliphatic heterocycles. The number of carbonyl (C=O) groups is 2. The van der Waals surface area contributed by atoms with Crippen LogP contribution in [0.5, 0.6) is 23.0 Å². The summed E-state index contributed by atoms with van der Waals surface area (Å²) >= 11 is 0. The van der Waals surface area contributed by atoms with E-state index in [1.807, 2.05) is 50.2 Å². The molecule has 36 heavy (non-hydrogen) atoms. The number of para-hydroxylation sites is 1. The lowest BCUT2D eigenvalue weighted by atomic mass is 9.88. The largest absolute Gasteiger partial charge is 0.493 e. The lowest BCUT2D eigenvalue weighted by molar-refractivity contribution is -0.154. The monoisotopic (exact) mass is 488 g/mol. The Hall–Kier alpha value is -4.20. The fourth-order valence-electron chi connectivity index (χ4n) is 4.82. The maximum absolute atomic E-state index is 13.9. The molecule has 2 heterocycles. The Balaban J connectivity index is 1.55. The highest BCUT2D eigenvalue weighted by Gasteiger charge is 2.45. The number of fused-ring (bicyclic) bond motifs is 1. The van der Waals surface area contributed by atoms with Gasteiger partial charge in [0.25, 0.3) is 5.91 Å². The van der Waals surface area contributed by atoms with Crippen molar-refractivity contribution in [2.24, 2.45) is 0 Å². The number of likely N-dealkylation sites (tertiary alicyclic amines) is 1. The average molecular weight is 489 g/mol. The fourth-order valence-corrected chi connectivity index (χ4v) is 4.82. The molecule has 0 radical (unpaired) electrons. The van der Waals surface area contributed by atoms with E-state index in [9.17, 15) is 9.59 Å². The Morgan fingerprint density at radius 1 is 0.972 bits per heavy atom. The summed E-state index contributed by atoms with van der Waals surface area (Å²) in [4.78, 5) is 28.6. The third-order valence-corrected chi connectivity index (χ3v) is 6.75. The van der Waals surface area contributed by atoms with Crippen LogP contribution >= 0.6 is 0 Å². The van der Waals surface area contributed by atoms with Crippen molar-refractivity contribution < 1.29 is 28.5 Å². The fraction of sp³-hybridized carbons (Fsp3) is 0.286. The molecule has 8 nitrogen and oxygen atoms in total. The van der Waals surface area contributed by atoms with Crippen molar-refractivity contribution in [3.63, 3.8) is 0 Å². The molecule has 2 amide bonds. The normalized spacial score (nSPS) is 16.8. The summed E-state index contributed by atoms with van der Waals surface area (Å²) in [6.45, 7) is 4.01. The van der Waals surface area contributed by atoms with Gasteiger partial charge in [-0.15, -0.1) is 0 Å². The molecule has 0 aliphatic carbocycles. The van der Waals surface area contributed by atoms with Crippen LogP contribution in [-0.2, 0) is 9.59 Å². The molecule has 3 aromatic carbocycles. The first-order chi connectivity index (χ1) is 17.4. The van der Waals surface area contributed by atoms with Gasteiger partial charge in [0.1, 0.15) is 6.04 Å². The van der Waals surface area contributed by atoms with Gasteiger partial charge in [0.05, 0.1) is 26.7 Å². The van der Waals surface area contributed by atoms with E-state index in [-0.39, 0.29) is 31.1 Å². The maximum Gasteiger partial charge on any atom is 0.251 e. The maximum atomic E-state index is 13.9. The molecule has 0 saturated carbocycles. The van der Waals surface area contributed by atoms with Crippen LogP contribution in [0.25, 0.3) is 0 Å². The van der Waals surface area contributed by atoms with Gasteiger partial charge in [-0.25, -0.2) is 0 Å². The highest BCUT2D eigenvalue weighted by Crippen LogP contribution is 2.45. The van der Waals surface area contributed by atoms with Crippen molar-refractivity contribution in [1.29, 1.82) is 0 Å². The molecule has 5 rings (SSSR count). The zero-order valence-corrected chi connectivity index (χ0v) is 20.7. The van der Waals surface area contributed by atoms with E-state index in [0.29, 0.717) is 28.6 Å². The van der Waals surface area contributed by atoms with E-state index in [1.54, 1.807) is 37.3 Å². The number of hydrogen-bond donors (Lipinski definition) is 1. The number of anilines is 1. The van der Waals surface area contributed by atoms with Crippen LogP contribution in [0.3, 0.4) is 0 Å². The van der Waals surface area contributed by atoms with Crippen LogP contribution in [0, 0.1) is 13.8 Å². The molecule has 1 N–H and O–H groups in total. The number of β-lactam (4-membered cyclic amide) rings is 1. The first-order valence-corrected chi connectivity index (χ1v) is 11.7. The topological polar surface area (TPSA) is 86.3 Å². The SMILES string of the molecule is COc1ccc([C@H]2CC(=O)N2[C@@H](C(=O)Nc2c(C)cccc2C)c2ccc3c(c2)OCO3)cc1OC. The van der Waals surface area contributed by atoms with Crippen LogP contribution in [0.1, 0.15) is 40.8 Å². The molecule has 0 bridgehead atoms. The average Bonchev–Trinajstić information content (AvgIpc) is 3.35. The van der Waals surface area contributed by atoms with Crippen molar-refractivity contribution in [2.75, 3.05) is 26.3 Å². The lowest BCUT2D eigenvalue weighted by Gasteiger charge is -2.45. The molecule has 0 unspecified atom stereocenters. The molecule has 2 atom stereocenters.